The van der Waals surface area contributed by atoms with Crippen LogP contribution in [0.4, 0.5) is 5.69 Å². The Labute approximate surface area is 255 Å². The third-order valence-electron chi connectivity index (χ3n) is 15.3. The second-order valence-electron chi connectivity index (χ2n) is 17.0. The highest BCUT2D eigenvalue weighted by atomic mass is 16.5. The van der Waals surface area contributed by atoms with E-state index in [0.29, 0.717) is 47.0 Å². The lowest BCUT2D eigenvalue weighted by molar-refractivity contribution is -0.242. The standard InChI is InChI=1S/C37H58N2O3/c1-23(2)26-15-20-37(32(40)41)22-21-35(6)27(31(26)37)13-14-29-34(5)18-17-30(33(3,4)28(34)16-19-36(29,35)7)39-38-24-9-11-25(42-8)12-10-24/h9-12,23,26-31,38-39H,13-22H2,1-8H3,(H,40,41)/t26?,27-,28+,29?,30?,31?,34+,35-,36-,37?/m1/s1. The van der Waals surface area contributed by atoms with Crippen molar-refractivity contribution in [2.75, 3.05) is 12.5 Å². The van der Waals surface area contributed by atoms with E-state index in [1.54, 1.807) is 7.11 Å². The number of methoxy groups -OCH3 is 1. The Balaban J connectivity index is 1.25. The number of fused-ring (bicyclic) bond motifs is 7. The molecule has 0 heterocycles. The molecule has 0 saturated heterocycles. The highest BCUT2D eigenvalue weighted by Gasteiger charge is 2.72. The number of hydrogen-bond donors (Lipinski definition) is 3. The quantitative estimate of drug-likeness (QED) is 0.294. The topological polar surface area (TPSA) is 70.6 Å². The first-order valence-electron chi connectivity index (χ1n) is 17.1. The summed E-state index contributed by atoms with van der Waals surface area (Å²) in [6, 6.07) is 8.58. The molecule has 5 aliphatic carbocycles. The SMILES string of the molecule is COc1ccc(NNC2CC[C@]3(C)C4CC[C@@H]5C6C(C(C)C)CCC6(C(=O)O)CC[C@@]5(C)[C@]4(C)CC[C@H]3C2(C)C)cc1. The Morgan fingerprint density at radius 1 is 0.857 bits per heavy atom. The Morgan fingerprint density at radius 3 is 2.21 bits per heavy atom. The van der Waals surface area contributed by atoms with Crippen LogP contribution < -0.4 is 15.6 Å². The summed E-state index contributed by atoms with van der Waals surface area (Å²) in [6.45, 7) is 17.7. The molecule has 0 radical (unpaired) electrons. The minimum Gasteiger partial charge on any atom is -0.497 e. The molecule has 234 valence electrons. The van der Waals surface area contributed by atoms with Crippen LogP contribution in [0, 0.1) is 62.6 Å². The maximum Gasteiger partial charge on any atom is 0.309 e. The van der Waals surface area contributed by atoms with Crippen LogP contribution in [-0.2, 0) is 4.79 Å². The number of rotatable bonds is 6. The van der Waals surface area contributed by atoms with Gasteiger partial charge in [0.25, 0.3) is 0 Å². The zero-order valence-corrected chi connectivity index (χ0v) is 27.7. The van der Waals surface area contributed by atoms with Crippen LogP contribution >= 0.6 is 0 Å². The van der Waals surface area contributed by atoms with Crippen molar-refractivity contribution in [3.05, 3.63) is 24.3 Å². The zero-order valence-electron chi connectivity index (χ0n) is 27.7. The van der Waals surface area contributed by atoms with E-state index in [-0.39, 0.29) is 16.2 Å². The number of carboxylic acid groups (broad SMARTS) is 1. The van der Waals surface area contributed by atoms with Crippen molar-refractivity contribution in [1.29, 1.82) is 0 Å². The highest BCUT2D eigenvalue weighted by Crippen LogP contribution is 2.77. The number of anilines is 1. The van der Waals surface area contributed by atoms with Gasteiger partial charge in [0.15, 0.2) is 0 Å². The predicted molar refractivity (Wildman–Crippen MR) is 170 cm³/mol. The minimum absolute atomic E-state index is 0.171. The lowest BCUT2D eigenvalue weighted by Gasteiger charge is -2.73. The van der Waals surface area contributed by atoms with Gasteiger partial charge in [0.2, 0.25) is 0 Å². The molecule has 5 unspecified atom stereocenters. The summed E-state index contributed by atoms with van der Waals surface area (Å²) < 4.78 is 5.34. The van der Waals surface area contributed by atoms with E-state index >= 15 is 0 Å². The number of nitrogens with one attached hydrogen (secondary N) is 2. The van der Waals surface area contributed by atoms with Gasteiger partial charge in [-0.25, -0.2) is 5.43 Å². The normalized spacial score (nSPS) is 45.7. The van der Waals surface area contributed by atoms with Crippen LogP contribution in [0.5, 0.6) is 5.75 Å². The van der Waals surface area contributed by atoms with Crippen molar-refractivity contribution < 1.29 is 14.6 Å². The first kappa shape index (κ1) is 30.3. The molecule has 42 heavy (non-hydrogen) atoms. The molecule has 3 N–H and O–H groups in total. The van der Waals surface area contributed by atoms with E-state index in [4.69, 9.17) is 4.74 Å². The molecule has 5 fully saturated rings. The van der Waals surface area contributed by atoms with E-state index in [1.807, 2.05) is 12.1 Å². The minimum atomic E-state index is -0.489. The van der Waals surface area contributed by atoms with Gasteiger partial charge >= 0.3 is 5.97 Å². The number of aliphatic carboxylic acids is 1. The monoisotopic (exact) mass is 578 g/mol. The molecule has 5 aliphatic rings. The van der Waals surface area contributed by atoms with Crippen LogP contribution in [0.2, 0.25) is 0 Å². The lowest BCUT2D eigenvalue weighted by Crippen LogP contribution is -2.68. The smallest absolute Gasteiger partial charge is 0.309 e. The first-order valence-corrected chi connectivity index (χ1v) is 17.1. The third-order valence-corrected chi connectivity index (χ3v) is 15.3. The van der Waals surface area contributed by atoms with Gasteiger partial charge in [-0.1, -0.05) is 48.5 Å². The van der Waals surface area contributed by atoms with Crippen molar-refractivity contribution in [3.8, 4) is 5.75 Å². The van der Waals surface area contributed by atoms with Gasteiger partial charge in [0.05, 0.1) is 12.5 Å². The van der Waals surface area contributed by atoms with Crippen LogP contribution in [0.15, 0.2) is 24.3 Å². The van der Waals surface area contributed by atoms with E-state index in [0.717, 1.165) is 37.1 Å². The number of benzene rings is 1. The molecule has 1 aromatic carbocycles. The largest absolute Gasteiger partial charge is 0.497 e. The molecule has 0 bridgehead atoms. The Hall–Kier alpha value is -1.75. The summed E-state index contributed by atoms with van der Waals surface area (Å²) in [4.78, 5) is 13.0. The molecule has 0 aromatic heterocycles. The Morgan fingerprint density at radius 2 is 1.57 bits per heavy atom. The average molecular weight is 579 g/mol. The molecule has 1 aromatic rings. The summed E-state index contributed by atoms with van der Waals surface area (Å²) in [5.41, 5.74) is 8.86. The van der Waals surface area contributed by atoms with Crippen molar-refractivity contribution in [2.24, 2.45) is 62.6 Å². The van der Waals surface area contributed by atoms with E-state index in [9.17, 15) is 9.90 Å². The first-order chi connectivity index (χ1) is 19.7. The summed E-state index contributed by atoms with van der Waals surface area (Å²) in [5.74, 6) is 3.76. The van der Waals surface area contributed by atoms with Crippen molar-refractivity contribution in [2.45, 2.75) is 119 Å². The van der Waals surface area contributed by atoms with Gasteiger partial charge in [-0.2, -0.15) is 0 Å². The highest BCUT2D eigenvalue weighted by molar-refractivity contribution is 5.76. The molecule has 0 spiro atoms. The number of hydrazine groups is 1. The van der Waals surface area contributed by atoms with Gasteiger partial charge in [-0.3, -0.25) is 4.79 Å². The maximum atomic E-state index is 13.0. The van der Waals surface area contributed by atoms with Gasteiger partial charge in [0.1, 0.15) is 5.75 Å². The fraction of sp³-hybridized carbons (Fsp3) is 0.811. The summed E-state index contributed by atoms with van der Waals surface area (Å²) in [6.07, 6.45) is 11.5. The number of carboxylic acids is 1. The zero-order chi connectivity index (χ0) is 30.3. The fourth-order valence-electron chi connectivity index (χ4n) is 12.9. The van der Waals surface area contributed by atoms with Crippen LogP contribution in [-0.4, -0.2) is 24.2 Å². The Bertz CT molecular complexity index is 1180. The van der Waals surface area contributed by atoms with E-state index < -0.39 is 11.4 Å². The van der Waals surface area contributed by atoms with Crippen LogP contribution in [0.3, 0.4) is 0 Å². The average Bonchev–Trinajstić information content (AvgIpc) is 3.35. The van der Waals surface area contributed by atoms with Crippen LogP contribution in [0.25, 0.3) is 0 Å². The van der Waals surface area contributed by atoms with Gasteiger partial charge in [-0.15, -0.1) is 0 Å². The van der Waals surface area contributed by atoms with Crippen LogP contribution in [0.1, 0.15) is 113 Å². The molecule has 10 atom stereocenters. The molecular weight excluding hydrogens is 520 g/mol. The fourth-order valence-corrected chi connectivity index (χ4v) is 12.9. The third kappa shape index (κ3) is 4.07. The lowest BCUT2D eigenvalue weighted by atomic mass is 9.32. The van der Waals surface area contributed by atoms with Crippen molar-refractivity contribution >= 4 is 11.7 Å². The molecule has 0 aliphatic heterocycles. The summed E-state index contributed by atoms with van der Waals surface area (Å²) in [7, 11) is 1.71. The van der Waals surface area contributed by atoms with Gasteiger partial charge in [0, 0.05) is 11.7 Å². The predicted octanol–water partition coefficient (Wildman–Crippen LogP) is 8.80. The molecule has 0 amide bonds. The molecule has 5 heteroatoms. The van der Waals surface area contributed by atoms with Crippen molar-refractivity contribution in [1.82, 2.24) is 5.43 Å². The summed E-state index contributed by atoms with van der Waals surface area (Å²) >= 11 is 0. The molecule has 5 saturated carbocycles. The van der Waals surface area contributed by atoms with Gasteiger partial charge < -0.3 is 15.3 Å². The summed E-state index contributed by atoms with van der Waals surface area (Å²) in [5, 5.41) is 10.7. The second kappa shape index (κ2) is 10.1. The molecular formula is C37H58N2O3. The van der Waals surface area contributed by atoms with E-state index in [2.05, 4.69) is 71.5 Å². The number of hydrogen-bond acceptors (Lipinski definition) is 4. The van der Waals surface area contributed by atoms with Crippen molar-refractivity contribution in [3.63, 3.8) is 0 Å². The molecule has 5 nitrogen and oxygen atoms in total. The van der Waals surface area contributed by atoms with E-state index in [1.165, 1.54) is 38.5 Å². The van der Waals surface area contributed by atoms with Gasteiger partial charge in [-0.05, 0) is 146 Å². The second-order valence-corrected chi connectivity index (χ2v) is 17.0. The maximum absolute atomic E-state index is 13.0. The molecule has 6 rings (SSSR count). The Kier molecular flexibility index (Phi) is 7.31. The number of ether oxygens (including phenoxy) is 1. The number of carbonyl (C=O) groups is 1.